The summed E-state index contributed by atoms with van der Waals surface area (Å²) in [6.45, 7) is 4.58. The molecule has 0 aliphatic heterocycles. The topological polar surface area (TPSA) is 12.0 Å². The standard InChI is InChI=1S/C13H16BrCl2N/c1-13(2)5-3-4-11(13)17-12-9(15)6-8(14)7-10(12)16/h6-7,11,17H,3-5H2,1-2H3. The average molecular weight is 337 g/mol. The average Bonchev–Trinajstić information content (AvgIpc) is 2.51. The van der Waals surface area contributed by atoms with Crippen molar-refractivity contribution in [2.75, 3.05) is 5.32 Å². The largest absolute Gasteiger partial charge is 0.379 e. The second-order valence-electron chi connectivity index (χ2n) is 5.32. The SMILES string of the molecule is CC1(C)CCCC1Nc1c(Cl)cc(Br)cc1Cl. The highest BCUT2D eigenvalue weighted by atomic mass is 79.9. The number of anilines is 1. The molecule has 0 heterocycles. The van der Waals surface area contributed by atoms with Crippen molar-refractivity contribution in [3.8, 4) is 0 Å². The molecule has 1 atom stereocenters. The Labute approximate surface area is 121 Å². The molecule has 0 aromatic heterocycles. The van der Waals surface area contributed by atoms with Crippen LogP contribution in [0.4, 0.5) is 5.69 Å². The molecule has 0 saturated heterocycles. The third-order valence-corrected chi connectivity index (χ3v) is 4.64. The highest BCUT2D eigenvalue weighted by Gasteiger charge is 2.34. The van der Waals surface area contributed by atoms with Crippen molar-refractivity contribution in [1.82, 2.24) is 0 Å². The van der Waals surface area contributed by atoms with Gasteiger partial charge >= 0.3 is 0 Å². The molecule has 1 unspecified atom stereocenters. The van der Waals surface area contributed by atoms with E-state index in [0.29, 0.717) is 21.5 Å². The minimum absolute atomic E-state index is 0.305. The molecule has 1 N–H and O–H groups in total. The molecule has 94 valence electrons. The lowest BCUT2D eigenvalue weighted by Crippen LogP contribution is -2.31. The summed E-state index contributed by atoms with van der Waals surface area (Å²) >= 11 is 15.8. The summed E-state index contributed by atoms with van der Waals surface area (Å²) in [4.78, 5) is 0. The Morgan fingerprint density at radius 3 is 2.35 bits per heavy atom. The van der Waals surface area contributed by atoms with E-state index in [2.05, 4.69) is 35.1 Å². The maximum atomic E-state index is 6.23. The van der Waals surface area contributed by atoms with Gasteiger partial charge in [0.1, 0.15) is 0 Å². The van der Waals surface area contributed by atoms with E-state index in [1.54, 1.807) is 0 Å². The van der Waals surface area contributed by atoms with Crippen LogP contribution in [0.15, 0.2) is 16.6 Å². The molecule has 1 aromatic carbocycles. The number of nitrogens with one attached hydrogen (secondary N) is 1. The Kier molecular flexibility index (Phi) is 3.96. The van der Waals surface area contributed by atoms with Crippen molar-refractivity contribution in [2.24, 2.45) is 5.41 Å². The van der Waals surface area contributed by atoms with Gasteiger partial charge in [-0.05, 0) is 30.4 Å². The first-order valence-electron chi connectivity index (χ1n) is 5.81. The summed E-state index contributed by atoms with van der Waals surface area (Å²) in [5, 5.41) is 4.86. The van der Waals surface area contributed by atoms with Gasteiger partial charge in [0.15, 0.2) is 0 Å². The molecule has 1 fully saturated rings. The number of rotatable bonds is 2. The summed E-state index contributed by atoms with van der Waals surface area (Å²) in [5.74, 6) is 0. The second kappa shape index (κ2) is 4.99. The molecule has 2 rings (SSSR count). The zero-order chi connectivity index (χ0) is 12.6. The first-order valence-corrected chi connectivity index (χ1v) is 7.36. The van der Waals surface area contributed by atoms with Crippen LogP contribution in [0.25, 0.3) is 0 Å². The lowest BCUT2D eigenvalue weighted by Gasteiger charge is -2.29. The second-order valence-corrected chi connectivity index (χ2v) is 7.05. The van der Waals surface area contributed by atoms with E-state index in [-0.39, 0.29) is 0 Å². The number of hydrogen-bond donors (Lipinski definition) is 1. The van der Waals surface area contributed by atoms with Crippen molar-refractivity contribution >= 4 is 44.8 Å². The van der Waals surface area contributed by atoms with Gasteiger partial charge in [0.05, 0.1) is 15.7 Å². The predicted octanol–water partition coefficient (Wildman–Crippen LogP) is 5.75. The maximum absolute atomic E-state index is 6.23. The smallest absolute Gasteiger partial charge is 0.0722 e. The fourth-order valence-electron chi connectivity index (χ4n) is 2.45. The van der Waals surface area contributed by atoms with Gasteiger partial charge in [0.2, 0.25) is 0 Å². The summed E-state index contributed by atoms with van der Waals surface area (Å²) in [7, 11) is 0. The maximum Gasteiger partial charge on any atom is 0.0722 e. The molecule has 4 heteroatoms. The van der Waals surface area contributed by atoms with E-state index in [9.17, 15) is 0 Å². The number of halogens is 3. The van der Waals surface area contributed by atoms with Gasteiger partial charge in [-0.3, -0.25) is 0 Å². The molecule has 0 amide bonds. The minimum atomic E-state index is 0.305. The number of benzene rings is 1. The van der Waals surface area contributed by atoms with Crippen molar-refractivity contribution in [3.05, 3.63) is 26.7 Å². The fourth-order valence-corrected chi connectivity index (χ4v) is 3.77. The monoisotopic (exact) mass is 335 g/mol. The molecule has 1 aromatic rings. The normalized spacial score (nSPS) is 22.8. The van der Waals surface area contributed by atoms with Crippen LogP contribution < -0.4 is 5.32 Å². The van der Waals surface area contributed by atoms with Crippen LogP contribution in [0.3, 0.4) is 0 Å². The van der Waals surface area contributed by atoms with Crippen molar-refractivity contribution in [2.45, 2.75) is 39.2 Å². The molecule has 0 bridgehead atoms. The quantitative estimate of drug-likeness (QED) is 0.725. The Morgan fingerprint density at radius 1 is 1.29 bits per heavy atom. The van der Waals surface area contributed by atoms with Crippen molar-refractivity contribution < 1.29 is 0 Å². The minimum Gasteiger partial charge on any atom is -0.379 e. The van der Waals surface area contributed by atoms with E-state index in [1.807, 2.05) is 12.1 Å². The zero-order valence-electron chi connectivity index (χ0n) is 9.99. The van der Waals surface area contributed by atoms with Gasteiger partial charge in [-0.25, -0.2) is 0 Å². The van der Waals surface area contributed by atoms with Gasteiger partial charge in [-0.15, -0.1) is 0 Å². The van der Waals surface area contributed by atoms with Crippen molar-refractivity contribution in [3.63, 3.8) is 0 Å². The van der Waals surface area contributed by atoms with Crippen LogP contribution in [0.1, 0.15) is 33.1 Å². The Morgan fingerprint density at radius 2 is 1.88 bits per heavy atom. The summed E-state index contributed by atoms with van der Waals surface area (Å²) < 4.78 is 0.906. The highest BCUT2D eigenvalue weighted by molar-refractivity contribution is 9.10. The van der Waals surface area contributed by atoms with E-state index in [4.69, 9.17) is 23.2 Å². The van der Waals surface area contributed by atoms with Crippen LogP contribution in [0, 0.1) is 5.41 Å². The fraction of sp³-hybridized carbons (Fsp3) is 0.538. The lowest BCUT2D eigenvalue weighted by molar-refractivity contribution is 0.350. The third-order valence-electron chi connectivity index (χ3n) is 3.58. The number of hydrogen-bond acceptors (Lipinski definition) is 1. The third kappa shape index (κ3) is 2.91. The molecule has 1 aliphatic carbocycles. The molecule has 1 nitrogen and oxygen atoms in total. The van der Waals surface area contributed by atoms with Gasteiger partial charge in [-0.2, -0.15) is 0 Å². The zero-order valence-corrected chi connectivity index (χ0v) is 13.1. The van der Waals surface area contributed by atoms with E-state index in [0.717, 1.165) is 10.2 Å². The predicted molar refractivity (Wildman–Crippen MR) is 79.2 cm³/mol. The Balaban J connectivity index is 2.25. The molecule has 0 spiro atoms. The van der Waals surface area contributed by atoms with Crippen LogP contribution >= 0.6 is 39.1 Å². The van der Waals surface area contributed by atoms with Crippen LogP contribution in [0.2, 0.25) is 10.0 Å². The Hall–Kier alpha value is 0.0800. The Bertz CT molecular complexity index is 408. The van der Waals surface area contributed by atoms with Crippen LogP contribution in [-0.4, -0.2) is 6.04 Å². The molecular weight excluding hydrogens is 321 g/mol. The van der Waals surface area contributed by atoms with Crippen molar-refractivity contribution in [1.29, 1.82) is 0 Å². The summed E-state index contributed by atoms with van der Waals surface area (Å²) in [5.41, 5.74) is 1.16. The highest BCUT2D eigenvalue weighted by Crippen LogP contribution is 2.42. The molecule has 1 saturated carbocycles. The lowest BCUT2D eigenvalue weighted by atomic mass is 9.87. The summed E-state index contributed by atoms with van der Waals surface area (Å²) in [6, 6.07) is 4.19. The first-order chi connectivity index (χ1) is 7.90. The van der Waals surface area contributed by atoms with Gasteiger partial charge in [-0.1, -0.05) is 59.4 Å². The van der Waals surface area contributed by atoms with Gasteiger partial charge in [0, 0.05) is 10.5 Å². The van der Waals surface area contributed by atoms with Crippen LogP contribution in [-0.2, 0) is 0 Å². The van der Waals surface area contributed by atoms with Gasteiger partial charge in [0.25, 0.3) is 0 Å². The first kappa shape index (κ1) is 13.5. The molecule has 0 radical (unpaired) electrons. The summed E-state index contributed by atoms with van der Waals surface area (Å²) in [6.07, 6.45) is 3.68. The molecule has 17 heavy (non-hydrogen) atoms. The van der Waals surface area contributed by atoms with E-state index >= 15 is 0 Å². The molecule has 1 aliphatic rings. The van der Waals surface area contributed by atoms with E-state index in [1.165, 1.54) is 19.3 Å². The molecular formula is C13H16BrCl2N. The van der Waals surface area contributed by atoms with Gasteiger partial charge < -0.3 is 5.32 Å². The van der Waals surface area contributed by atoms with E-state index < -0.39 is 0 Å². The van der Waals surface area contributed by atoms with Crippen LogP contribution in [0.5, 0.6) is 0 Å².